The van der Waals surface area contributed by atoms with E-state index < -0.39 is 0 Å². The topological polar surface area (TPSA) is 91.5 Å². The molecule has 0 aromatic carbocycles. The third kappa shape index (κ3) is 4.49. The molecule has 0 unspecified atom stereocenters. The summed E-state index contributed by atoms with van der Waals surface area (Å²) in [6, 6.07) is 0. The van der Waals surface area contributed by atoms with Crippen LogP contribution in [0.25, 0.3) is 0 Å². The number of nitrogens with two attached hydrogens (primary N) is 1. The van der Waals surface area contributed by atoms with Gasteiger partial charge in [0.2, 0.25) is 11.9 Å². The predicted molar refractivity (Wildman–Crippen MR) is 97.4 cm³/mol. The van der Waals surface area contributed by atoms with Gasteiger partial charge in [0.15, 0.2) is 11.0 Å². The minimum atomic E-state index is 0.123. The van der Waals surface area contributed by atoms with Crippen LogP contribution in [0.4, 0.5) is 11.8 Å². The van der Waals surface area contributed by atoms with Crippen LogP contribution >= 0.6 is 11.6 Å². The number of piperidine rings is 1. The Morgan fingerprint density at radius 1 is 1.16 bits per heavy atom. The molecule has 1 amide bonds. The first-order chi connectivity index (χ1) is 11.9. The third-order valence-electron chi connectivity index (χ3n) is 4.89. The molecule has 8 nitrogen and oxygen atoms in total. The number of anilines is 2. The van der Waals surface area contributed by atoms with Crippen LogP contribution < -0.4 is 10.6 Å². The molecule has 0 radical (unpaired) electrons. The second-order valence-corrected chi connectivity index (χ2v) is 7.65. The summed E-state index contributed by atoms with van der Waals surface area (Å²) in [4.78, 5) is 23.0. The average molecular weight is 368 g/mol. The zero-order valence-corrected chi connectivity index (χ0v) is 15.6. The number of amides is 1. The molecule has 138 valence electrons. The molecule has 1 aromatic heterocycles. The van der Waals surface area contributed by atoms with Gasteiger partial charge in [-0.15, -0.1) is 10.2 Å². The van der Waals surface area contributed by atoms with Crippen molar-refractivity contribution in [2.45, 2.75) is 20.3 Å². The maximum Gasteiger partial charge on any atom is 0.247 e. The first kappa shape index (κ1) is 18.1. The van der Waals surface area contributed by atoms with Crippen molar-refractivity contribution in [1.29, 1.82) is 0 Å². The minimum Gasteiger partial charge on any atom is -0.381 e. The molecule has 1 aromatic rings. The number of rotatable bonds is 3. The first-order valence-electron chi connectivity index (χ1n) is 8.83. The first-order valence-corrected chi connectivity index (χ1v) is 9.21. The van der Waals surface area contributed by atoms with Gasteiger partial charge < -0.3 is 15.5 Å². The summed E-state index contributed by atoms with van der Waals surface area (Å²) in [5.74, 6) is 2.10. The van der Waals surface area contributed by atoms with Gasteiger partial charge in [0.25, 0.3) is 0 Å². The van der Waals surface area contributed by atoms with Gasteiger partial charge in [-0.1, -0.05) is 25.4 Å². The van der Waals surface area contributed by atoms with Crippen LogP contribution in [0.15, 0.2) is 0 Å². The molecule has 2 N–H and O–H groups in total. The fraction of sp³-hybridized carbons (Fsp3) is 0.750. The number of nitrogens with zero attached hydrogens (tertiary/aromatic N) is 6. The molecule has 0 bridgehead atoms. The molecule has 9 heteroatoms. The lowest BCUT2D eigenvalue weighted by molar-refractivity contribution is -0.135. The van der Waals surface area contributed by atoms with Crippen molar-refractivity contribution < 1.29 is 4.79 Å². The monoisotopic (exact) mass is 367 g/mol. The molecule has 25 heavy (non-hydrogen) atoms. The second-order valence-electron chi connectivity index (χ2n) is 7.30. The number of piperazine rings is 1. The van der Waals surface area contributed by atoms with Crippen LogP contribution in [0.2, 0.25) is 5.15 Å². The number of carbonyl (C=O) groups excluding carboxylic acids is 1. The van der Waals surface area contributed by atoms with Crippen molar-refractivity contribution in [1.82, 2.24) is 25.0 Å². The molecule has 2 atom stereocenters. The van der Waals surface area contributed by atoms with Gasteiger partial charge in [0.1, 0.15) is 0 Å². The summed E-state index contributed by atoms with van der Waals surface area (Å²) < 4.78 is 0. The highest BCUT2D eigenvalue weighted by Crippen LogP contribution is 2.21. The summed E-state index contributed by atoms with van der Waals surface area (Å²) >= 11 is 5.76. The van der Waals surface area contributed by atoms with Crippen molar-refractivity contribution in [2.75, 3.05) is 56.4 Å². The van der Waals surface area contributed by atoms with E-state index in [1.165, 1.54) is 6.42 Å². The van der Waals surface area contributed by atoms with Gasteiger partial charge >= 0.3 is 0 Å². The van der Waals surface area contributed by atoms with Gasteiger partial charge in [-0.05, 0) is 18.3 Å². The van der Waals surface area contributed by atoms with E-state index in [0.29, 0.717) is 24.3 Å². The molecule has 2 saturated heterocycles. The van der Waals surface area contributed by atoms with Crippen molar-refractivity contribution in [2.24, 2.45) is 11.8 Å². The van der Waals surface area contributed by atoms with Crippen LogP contribution in [0, 0.1) is 11.8 Å². The normalized spacial score (nSPS) is 25.2. The van der Waals surface area contributed by atoms with Gasteiger partial charge in [-0.25, -0.2) is 0 Å². The molecule has 2 aliphatic heterocycles. The standard InChI is InChI=1S/C16H26ClN7O/c1-11-7-12(2)9-24(8-11)13(25)10-22-3-5-23(6-4-22)16-19-15(18)14(17)20-21-16/h11-12H,3-10H2,1-2H3,(H2,18,19,21)/t11-,12-/m0/s1. The quantitative estimate of drug-likeness (QED) is 0.842. The zero-order valence-electron chi connectivity index (χ0n) is 14.9. The Morgan fingerprint density at radius 3 is 2.40 bits per heavy atom. The SMILES string of the molecule is C[C@H]1C[C@H](C)CN(C(=O)CN2CCN(c3nnc(Cl)c(N)n3)CC2)C1. The number of hydrogen-bond donors (Lipinski definition) is 1. The molecule has 3 heterocycles. The molecule has 0 saturated carbocycles. The van der Waals surface area contributed by atoms with Crippen LogP contribution in [-0.2, 0) is 4.79 Å². The Bertz CT molecular complexity index is 611. The molecule has 0 aliphatic carbocycles. The molecule has 0 spiro atoms. The Morgan fingerprint density at radius 2 is 1.80 bits per heavy atom. The van der Waals surface area contributed by atoms with Crippen molar-refractivity contribution in [3.63, 3.8) is 0 Å². The predicted octanol–water partition coefficient (Wildman–Crippen LogP) is 0.734. The van der Waals surface area contributed by atoms with Gasteiger partial charge in [-0.3, -0.25) is 9.69 Å². The van der Waals surface area contributed by atoms with E-state index in [1.807, 2.05) is 9.80 Å². The van der Waals surface area contributed by atoms with Crippen molar-refractivity contribution in [3.05, 3.63) is 5.15 Å². The van der Waals surface area contributed by atoms with Crippen molar-refractivity contribution in [3.8, 4) is 0 Å². The fourth-order valence-corrected chi connectivity index (χ4v) is 3.79. The van der Waals surface area contributed by atoms with E-state index in [2.05, 4.69) is 33.9 Å². The highest BCUT2D eigenvalue weighted by Gasteiger charge is 2.28. The Kier molecular flexibility index (Phi) is 5.58. The number of carbonyl (C=O) groups is 1. The molecule has 2 aliphatic rings. The van der Waals surface area contributed by atoms with Gasteiger partial charge in [-0.2, -0.15) is 4.98 Å². The molecule has 3 rings (SSSR count). The van der Waals surface area contributed by atoms with E-state index in [4.69, 9.17) is 17.3 Å². The van der Waals surface area contributed by atoms with Crippen molar-refractivity contribution >= 4 is 29.3 Å². The van der Waals surface area contributed by atoms with Gasteiger partial charge in [0, 0.05) is 39.3 Å². The van der Waals surface area contributed by atoms with Crippen LogP contribution in [0.1, 0.15) is 20.3 Å². The highest BCUT2D eigenvalue weighted by molar-refractivity contribution is 6.31. The van der Waals surface area contributed by atoms with E-state index in [-0.39, 0.29) is 16.9 Å². The average Bonchev–Trinajstić information content (AvgIpc) is 2.57. The summed E-state index contributed by atoms with van der Waals surface area (Å²) in [6.45, 7) is 9.74. The van der Waals surface area contributed by atoms with Crippen LogP contribution in [-0.4, -0.2) is 76.7 Å². The maximum atomic E-state index is 12.6. The number of halogens is 1. The Labute approximate surface area is 153 Å². The summed E-state index contributed by atoms with van der Waals surface area (Å²) in [5, 5.41) is 7.93. The molecule has 2 fully saturated rings. The largest absolute Gasteiger partial charge is 0.381 e. The Hall–Kier alpha value is -1.67. The molecular formula is C16H26ClN7O. The van der Waals surface area contributed by atoms with Gasteiger partial charge in [0.05, 0.1) is 6.54 Å². The molecular weight excluding hydrogens is 342 g/mol. The summed E-state index contributed by atoms with van der Waals surface area (Å²) in [7, 11) is 0. The van der Waals surface area contributed by atoms with E-state index in [9.17, 15) is 4.79 Å². The zero-order chi connectivity index (χ0) is 18.0. The van der Waals surface area contributed by atoms with Crippen LogP contribution in [0.3, 0.4) is 0 Å². The number of likely N-dealkylation sites (tertiary alicyclic amines) is 1. The van der Waals surface area contributed by atoms with E-state index in [1.54, 1.807) is 0 Å². The van der Waals surface area contributed by atoms with E-state index in [0.717, 1.165) is 39.3 Å². The fourth-order valence-electron chi connectivity index (χ4n) is 3.71. The lowest BCUT2D eigenvalue weighted by atomic mass is 9.92. The smallest absolute Gasteiger partial charge is 0.247 e. The van der Waals surface area contributed by atoms with E-state index >= 15 is 0 Å². The summed E-state index contributed by atoms with van der Waals surface area (Å²) in [6.07, 6.45) is 1.21. The lowest BCUT2D eigenvalue weighted by Crippen LogP contribution is -2.52. The highest BCUT2D eigenvalue weighted by atomic mass is 35.5. The minimum absolute atomic E-state index is 0.123. The number of hydrogen-bond acceptors (Lipinski definition) is 7. The maximum absolute atomic E-state index is 12.6. The summed E-state index contributed by atoms with van der Waals surface area (Å²) in [5.41, 5.74) is 5.69. The number of nitrogen functional groups attached to an aromatic ring is 1. The van der Waals surface area contributed by atoms with Crippen LogP contribution in [0.5, 0.6) is 0 Å². The lowest BCUT2D eigenvalue weighted by Gasteiger charge is -2.38. The third-order valence-corrected chi connectivity index (χ3v) is 5.16. The Balaban J connectivity index is 1.50. The number of aromatic nitrogens is 3. The second kappa shape index (κ2) is 7.70.